The van der Waals surface area contributed by atoms with E-state index < -0.39 is 0 Å². The van der Waals surface area contributed by atoms with Gasteiger partial charge in [-0.1, -0.05) is 0 Å². The van der Waals surface area contributed by atoms with E-state index in [4.69, 9.17) is 5.26 Å². The van der Waals surface area contributed by atoms with Crippen LogP contribution < -0.4 is 10.9 Å². The number of hydrogen-bond acceptors (Lipinski definition) is 4. The lowest BCUT2D eigenvalue weighted by molar-refractivity contribution is 0.897. The van der Waals surface area contributed by atoms with E-state index in [0.29, 0.717) is 16.7 Å². The van der Waals surface area contributed by atoms with Crippen LogP contribution >= 0.6 is 0 Å². The minimum absolute atomic E-state index is 0.0978. The summed E-state index contributed by atoms with van der Waals surface area (Å²) in [6, 6.07) is 5.61. The highest BCUT2D eigenvalue weighted by atomic mass is 16.1. The summed E-state index contributed by atoms with van der Waals surface area (Å²) in [5, 5.41) is 11.9. The first kappa shape index (κ1) is 11.1. The van der Waals surface area contributed by atoms with Gasteiger partial charge < -0.3 is 9.88 Å². The zero-order chi connectivity index (χ0) is 12.6. The molecule has 0 spiro atoms. The number of nitrogens with zero attached hydrogens (tertiary/aromatic N) is 3. The summed E-state index contributed by atoms with van der Waals surface area (Å²) in [5.41, 5.74) is 2.48. The third kappa shape index (κ3) is 1.54. The van der Waals surface area contributed by atoms with E-state index in [1.165, 1.54) is 4.57 Å². The van der Waals surface area contributed by atoms with Crippen molar-refractivity contribution in [3.8, 4) is 6.07 Å². The Balaban J connectivity index is 3.08. The number of fused-ring (bicyclic) bond motifs is 1. The van der Waals surface area contributed by atoms with E-state index in [1.54, 1.807) is 14.1 Å². The predicted octanol–water partition coefficient (Wildman–Crippen LogP) is 1.16. The van der Waals surface area contributed by atoms with Crippen LogP contribution in [0.25, 0.3) is 11.0 Å². The number of pyridine rings is 2. The fourth-order valence-electron chi connectivity index (χ4n) is 1.85. The Hall–Kier alpha value is -2.35. The van der Waals surface area contributed by atoms with Crippen molar-refractivity contribution in [2.24, 2.45) is 7.05 Å². The Labute approximate surface area is 98.3 Å². The van der Waals surface area contributed by atoms with Gasteiger partial charge >= 0.3 is 0 Å². The molecule has 0 unspecified atom stereocenters. The molecule has 17 heavy (non-hydrogen) atoms. The molecule has 2 heterocycles. The monoisotopic (exact) mass is 228 g/mol. The average Bonchev–Trinajstić information content (AvgIpc) is 2.33. The summed E-state index contributed by atoms with van der Waals surface area (Å²) in [6.45, 7) is 1.87. The van der Waals surface area contributed by atoms with Gasteiger partial charge in [0.25, 0.3) is 5.56 Å². The Morgan fingerprint density at radius 3 is 2.76 bits per heavy atom. The maximum atomic E-state index is 12.0. The van der Waals surface area contributed by atoms with Gasteiger partial charge in [0, 0.05) is 19.8 Å². The Morgan fingerprint density at radius 1 is 1.47 bits per heavy atom. The van der Waals surface area contributed by atoms with E-state index in [1.807, 2.05) is 25.1 Å². The van der Waals surface area contributed by atoms with Crippen LogP contribution in [0.2, 0.25) is 0 Å². The van der Waals surface area contributed by atoms with Gasteiger partial charge in [-0.05, 0) is 19.1 Å². The second kappa shape index (κ2) is 3.91. The van der Waals surface area contributed by atoms with Gasteiger partial charge in [0.1, 0.15) is 17.1 Å². The molecule has 0 amide bonds. The Bertz CT molecular complexity index is 694. The molecule has 2 aromatic heterocycles. The van der Waals surface area contributed by atoms with E-state index in [-0.39, 0.29) is 11.1 Å². The molecule has 0 atom stereocenters. The number of nitriles is 1. The van der Waals surface area contributed by atoms with Crippen LogP contribution in [0, 0.1) is 18.3 Å². The molecule has 1 N–H and O–H groups in total. The third-order valence-corrected chi connectivity index (χ3v) is 2.74. The summed E-state index contributed by atoms with van der Waals surface area (Å²) < 4.78 is 1.45. The second-order valence-electron chi connectivity index (χ2n) is 3.80. The van der Waals surface area contributed by atoms with Crippen molar-refractivity contribution in [1.82, 2.24) is 9.55 Å². The molecule has 5 heteroatoms. The van der Waals surface area contributed by atoms with Gasteiger partial charge in [0.15, 0.2) is 0 Å². The summed E-state index contributed by atoms with van der Waals surface area (Å²) >= 11 is 0. The predicted molar refractivity (Wildman–Crippen MR) is 66.0 cm³/mol. The molecule has 0 aromatic carbocycles. The van der Waals surface area contributed by atoms with Gasteiger partial charge in [-0.3, -0.25) is 4.79 Å². The minimum Gasteiger partial charge on any atom is -0.385 e. The highest BCUT2D eigenvalue weighted by Gasteiger charge is 2.14. The molecule has 0 fully saturated rings. The normalized spacial score (nSPS) is 10.2. The Morgan fingerprint density at radius 2 is 2.18 bits per heavy atom. The number of aromatic nitrogens is 2. The molecular formula is C12H12N4O. The maximum Gasteiger partial charge on any atom is 0.270 e. The number of anilines is 1. The quantitative estimate of drug-likeness (QED) is 0.795. The van der Waals surface area contributed by atoms with E-state index in [9.17, 15) is 4.79 Å². The van der Waals surface area contributed by atoms with Crippen molar-refractivity contribution in [1.29, 1.82) is 5.26 Å². The van der Waals surface area contributed by atoms with Crippen LogP contribution in [0.1, 0.15) is 11.3 Å². The average molecular weight is 228 g/mol. The molecule has 2 rings (SSSR count). The van der Waals surface area contributed by atoms with Crippen LogP contribution in [0.4, 0.5) is 5.69 Å². The molecule has 0 radical (unpaired) electrons. The summed E-state index contributed by atoms with van der Waals surface area (Å²) in [4.78, 5) is 16.3. The SMILES string of the molecule is CNc1c(C#N)c(=O)n(C)c2ccc(C)nc12. The summed E-state index contributed by atoms with van der Waals surface area (Å²) in [7, 11) is 3.32. The molecular weight excluding hydrogens is 216 g/mol. The second-order valence-corrected chi connectivity index (χ2v) is 3.80. The number of hydrogen-bond donors (Lipinski definition) is 1. The highest BCUT2D eigenvalue weighted by molar-refractivity contribution is 5.90. The van der Waals surface area contributed by atoms with Gasteiger partial charge in [0.2, 0.25) is 0 Å². The first-order valence-electron chi connectivity index (χ1n) is 5.18. The molecule has 0 saturated heterocycles. The first-order chi connectivity index (χ1) is 8.10. The molecule has 0 aliphatic heterocycles. The van der Waals surface area contributed by atoms with Crippen molar-refractivity contribution in [2.45, 2.75) is 6.92 Å². The van der Waals surface area contributed by atoms with Gasteiger partial charge in [-0.25, -0.2) is 4.98 Å². The van der Waals surface area contributed by atoms with Crippen molar-refractivity contribution < 1.29 is 0 Å². The largest absolute Gasteiger partial charge is 0.385 e. The molecule has 86 valence electrons. The van der Waals surface area contributed by atoms with Crippen LogP contribution in [0.3, 0.4) is 0 Å². The van der Waals surface area contributed by atoms with Gasteiger partial charge in [-0.2, -0.15) is 5.26 Å². The number of nitrogens with one attached hydrogen (secondary N) is 1. The lowest BCUT2D eigenvalue weighted by atomic mass is 10.1. The molecule has 0 bridgehead atoms. The van der Waals surface area contributed by atoms with Crippen molar-refractivity contribution in [3.63, 3.8) is 0 Å². The van der Waals surface area contributed by atoms with Crippen LogP contribution in [-0.4, -0.2) is 16.6 Å². The summed E-state index contributed by atoms with van der Waals surface area (Å²) in [6.07, 6.45) is 0. The van der Waals surface area contributed by atoms with E-state index in [0.717, 1.165) is 5.69 Å². The van der Waals surface area contributed by atoms with Gasteiger partial charge in [0.05, 0.1) is 11.2 Å². The lowest BCUT2D eigenvalue weighted by Crippen LogP contribution is -2.22. The van der Waals surface area contributed by atoms with E-state index >= 15 is 0 Å². The highest BCUT2D eigenvalue weighted by Crippen LogP contribution is 2.22. The number of aryl methyl sites for hydroxylation is 2. The topological polar surface area (TPSA) is 70.7 Å². The Kier molecular flexibility index (Phi) is 2.56. The maximum absolute atomic E-state index is 12.0. The van der Waals surface area contributed by atoms with Crippen LogP contribution in [0.15, 0.2) is 16.9 Å². The first-order valence-corrected chi connectivity index (χ1v) is 5.18. The third-order valence-electron chi connectivity index (χ3n) is 2.74. The van der Waals surface area contributed by atoms with Crippen LogP contribution in [-0.2, 0) is 7.05 Å². The van der Waals surface area contributed by atoms with Crippen LogP contribution in [0.5, 0.6) is 0 Å². The zero-order valence-corrected chi connectivity index (χ0v) is 9.90. The van der Waals surface area contributed by atoms with Crippen molar-refractivity contribution in [3.05, 3.63) is 33.7 Å². The van der Waals surface area contributed by atoms with Gasteiger partial charge in [-0.15, -0.1) is 0 Å². The van der Waals surface area contributed by atoms with E-state index in [2.05, 4.69) is 10.3 Å². The number of rotatable bonds is 1. The van der Waals surface area contributed by atoms with Crippen molar-refractivity contribution >= 4 is 16.7 Å². The molecule has 5 nitrogen and oxygen atoms in total. The summed E-state index contributed by atoms with van der Waals surface area (Å²) in [5.74, 6) is 0. The zero-order valence-electron chi connectivity index (χ0n) is 9.90. The lowest BCUT2D eigenvalue weighted by Gasteiger charge is -2.11. The molecule has 0 saturated carbocycles. The van der Waals surface area contributed by atoms with Crippen molar-refractivity contribution in [2.75, 3.05) is 12.4 Å². The molecule has 0 aliphatic rings. The fraction of sp³-hybridized carbons (Fsp3) is 0.250. The molecule has 0 aliphatic carbocycles. The smallest absolute Gasteiger partial charge is 0.270 e. The fourth-order valence-corrected chi connectivity index (χ4v) is 1.85. The minimum atomic E-state index is -0.310. The standard InChI is InChI=1S/C12H12N4O/c1-7-4-5-9-11(15-7)10(14-2)8(6-13)12(17)16(9)3/h4-5,14H,1-3H3. The molecule has 2 aromatic rings.